The first-order chi connectivity index (χ1) is 12.4. The number of primary amides is 1. The maximum atomic E-state index is 12.1. The number of anilines is 1. The predicted molar refractivity (Wildman–Crippen MR) is 100 cm³/mol. The zero-order valence-corrected chi connectivity index (χ0v) is 15.1. The summed E-state index contributed by atoms with van der Waals surface area (Å²) in [6.45, 7) is 3.83. The first kappa shape index (κ1) is 17.7. The fraction of sp³-hybridized carbons (Fsp3) is 0.167. The second kappa shape index (κ2) is 7.40. The highest BCUT2D eigenvalue weighted by atomic mass is 32.1. The number of ether oxygens (including phenoxy) is 1. The minimum absolute atomic E-state index is 0.102. The molecule has 0 radical (unpaired) electrons. The highest BCUT2D eigenvalue weighted by Gasteiger charge is 2.12. The number of thiazole rings is 1. The summed E-state index contributed by atoms with van der Waals surface area (Å²) < 4.78 is 5.56. The number of carbonyl (C=O) groups excluding carboxylic acids is 2. The molecule has 0 fully saturated rings. The van der Waals surface area contributed by atoms with Crippen LogP contribution in [0, 0.1) is 13.8 Å². The van der Waals surface area contributed by atoms with Gasteiger partial charge in [-0.05, 0) is 31.5 Å². The Bertz CT molecular complexity index is 961. The van der Waals surface area contributed by atoms with Crippen molar-refractivity contribution in [2.75, 3.05) is 11.9 Å². The lowest BCUT2D eigenvalue weighted by atomic mass is 10.1. The van der Waals surface area contributed by atoms with Crippen molar-refractivity contribution in [2.24, 2.45) is 5.73 Å². The lowest BCUT2D eigenvalue weighted by Gasteiger charge is -2.09. The Hall–Kier alpha value is -3.13. The number of benzene rings is 1. The van der Waals surface area contributed by atoms with Crippen molar-refractivity contribution in [2.45, 2.75) is 13.8 Å². The minimum Gasteiger partial charge on any atom is -0.483 e. The largest absolute Gasteiger partial charge is 0.483 e. The van der Waals surface area contributed by atoms with Crippen LogP contribution in [0.15, 0.2) is 35.8 Å². The van der Waals surface area contributed by atoms with Crippen LogP contribution in [-0.4, -0.2) is 28.4 Å². The van der Waals surface area contributed by atoms with Gasteiger partial charge in [-0.15, -0.1) is 11.3 Å². The molecule has 0 spiro atoms. The Morgan fingerprint density at radius 2 is 2.12 bits per heavy atom. The van der Waals surface area contributed by atoms with E-state index in [1.54, 1.807) is 17.6 Å². The SMILES string of the molecule is Cc1ccc(OCC(=O)Nc2nc(-c3c[nH]c(C(N)=O)c3)cs2)c(C)c1. The van der Waals surface area contributed by atoms with Crippen molar-refractivity contribution in [1.82, 2.24) is 9.97 Å². The zero-order valence-electron chi connectivity index (χ0n) is 14.3. The zero-order chi connectivity index (χ0) is 18.7. The highest BCUT2D eigenvalue weighted by molar-refractivity contribution is 7.14. The number of aryl methyl sites for hydroxylation is 2. The van der Waals surface area contributed by atoms with Crippen LogP contribution in [0.5, 0.6) is 5.75 Å². The third-order valence-corrected chi connectivity index (χ3v) is 4.44. The molecule has 3 aromatic rings. The Morgan fingerprint density at radius 3 is 2.81 bits per heavy atom. The number of nitrogens with two attached hydrogens (primary N) is 1. The number of carbonyl (C=O) groups is 2. The number of nitrogens with one attached hydrogen (secondary N) is 2. The van der Waals surface area contributed by atoms with E-state index in [9.17, 15) is 9.59 Å². The Balaban J connectivity index is 1.59. The molecule has 7 nitrogen and oxygen atoms in total. The minimum atomic E-state index is -0.538. The van der Waals surface area contributed by atoms with Gasteiger partial charge in [-0.3, -0.25) is 14.9 Å². The van der Waals surface area contributed by atoms with Gasteiger partial charge in [-0.2, -0.15) is 0 Å². The fourth-order valence-electron chi connectivity index (χ4n) is 2.41. The van der Waals surface area contributed by atoms with Gasteiger partial charge in [0.2, 0.25) is 0 Å². The predicted octanol–water partition coefficient (Wildman–Crippen LogP) is 2.87. The number of nitrogens with zero attached hydrogens (tertiary/aromatic N) is 1. The Kier molecular flexibility index (Phi) is 5.04. The molecule has 0 bridgehead atoms. The average molecular weight is 370 g/mol. The van der Waals surface area contributed by atoms with Gasteiger partial charge in [0.25, 0.3) is 11.8 Å². The molecule has 26 heavy (non-hydrogen) atoms. The molecule has 2 aromatic heterocycles. The number of amides is 2. The summed E-state index contributed by atoms with van der Waals surface area (Å²) in [5, 5.41) is 4.95. The lowest BCUT2D eigenvalue weighted by molar-refractivity contribution is -0.118. The van der Waals surface area contributed by atoms with Crippen LogP contribution in [0.25, 0.3) is 11.3 Å². The van der Waals surface area contributed by atoms with Gasteiger partial charge in [-0.25, -0.2) is 4.98 Å². The van der Waals surface area contributed by atoms with Crippen LogP contribution in [0.4, 0.5) is 5.13 Å². The molecule has 134 valence electrons. The van der Waals surface area contributed by atoms with E-state index in [1.165, 1.54) is 11.3 Å². The van der Waals surface area contributed by atoms with Gasteiger partial charge in [-0.1, -0.05) is 17.7 Å². The maximum absolute atomic E-state index is 12.1. The summed E-state index contributed by atoms with van der Waals surface area (Å²) in [7, 11) is 0. The van der Waals surface area contributed by atoms with Gasteiger partial charge in [0.15, 0.2) is 11.7 Å². The molecule has 2 heterocycles. The highest BCUT2D eigenvalue weighted by Crippen LogP contribution is 2.25. The van der Waals surface area contributed by atoms with E-state index in [-0.39, 0.29) is 12.5 Å². The molecule has 0 saturated heterocycles. The Morgan fingerprint density at radius 1 is 1.31 bits per heavy atom. The summed E-state index contributed by atoms with van der Waals surface area (Å²) in [6.07, 6.45) is 1.64. The third kappa shape index (κ3) is 4.09. The fourth-order valence-corrected chi connectivity index (χ4v) is 3.14. The van der Waals surface area contributed by atoms with Crippen LogP contribution in [0.2, 0.25) is 0 Å². The summed E-state index contributed by atoms with van der Waals surface area (Å²) in [4.78, 5) is 30.3. The normalized spacial score (nSPS) is 10.5. The number of hydrogen-bond acceptors (Lipinski definition) is 5. The second-order valence-corrected chi connectivity index (χ2v) is 6.67. The molecule has 0 aliphatic rings. The summed E-state index contributed by atoms with van der Waals surface area (Å²) >= 11 is 1.29. The Labute approximate surface area is 154 Å². The molecule has 0 aliphatic carbocycles. The van der Waals surface area contributed by atoms with Gasteiger partial charge in [0.05, 0.1) is 5.69 Å². The molecule has 3 rings (SSSR count). The van der Waals surface area contributed by atoms with E-state index in [4.69, 9.17) is 10.5 Å². The molecule has 0 atom stereocenters. The average Bonchev–Trinajstić information content (AvgIpc) is 3.23. The first-order valence-corrected chi connectivity index (χ1v) is 8.74. The van der Waals surface area contributed by atoms with Gasteiger partial charge < -0.3 is 15.5 Å². The molecule has 1 aromatic carbocycles. The van der Waals surface area contributed by atoms with E-state index < -0.39 is 5.91 Å². The van der Waals surface area contributed by atoms with Gasteiger partial charge in [0, 0.05) is 17.1 Å². The van der Waals surface area contributed by atoms with E-state index in [0.717, 1.165) is 16.7 Å². The van der Waals surface area contributed by atoms with Crippen molar-refractivity contribution in [3.05, 3.63) is 52.7 Å². The van der Waals surface area contributed by atoms with Crippen LogP contribution in [0.1, 0.15) is 21.6 Å². The second-order valence-electron chi connectivity index (χ2n) is 5.81. The maximum Gasteiger partial charge on any atom is 0.265 e. The summed E-state index contributed by atoms with van der Waals surface area (Å²) in [5.74, 6) is -0.154. The molecule has 8 heteroatoms. The van der Waals surface area contributed by atoms with Crippen LogP contribution >= 0.6 is 11.3 Å². The quantitative estimate of drug-likeness (QED) is 0.619. The number of hydrogen-bond donors (Lipinski definition) is 3. The molecule has 0 unspecified atom stereocenters. The molecular formula is C18H18N4O3S. The van der Waals surface area contributed by atoms with Crippen LogP contribution < -0.4 is 15.8 Å². The van der Waals surface area contributed by atoms with E-state index in [2.05, 4.69) is 15.3 Å². The van der Waals surface area contributed by atoms with Crippen LogP contribution in [0.3, 0.4) is 0 Å². The molecule has 2 amide bonds. The standard InChI is InChI=1S/C18H18N4O3S/c1-10-3-4-15(11(2)5-10)25-8-16(23)22-18-21-14(9-26-18)12-6-13(17(19)24)20-7-12/h3-7,9,20H,8H2,1-2H3,(H2,19,24)(H,21,22,23). The van der Waals surface area contributed by atoms with Crippen molar-refractivity contribution in [3.63, 3.8) is 0 Å². The first-order valence-electron chi connectivity index (χ1n) is 7.86. The number of aromatic nitrogens is 2. The molecule has 0 saturated carbocycles. The van der Waals surface area contributed by atoms with Crippen molar-refractivity contribution < 1.29 is 14.3 Å². The smallest absolute Gasteiger partial charge is 0.265 e. The third-order valence-electron chi connectivity index (χ3n) is 3.68. The molecule has 0 aliphatic heterocycles. The summed E-state index contributed by atoms with van der Waals surface area (Å²) in [6, 6.07) is 7.40. The van der Waals surface area contributed by atoms with Crippen LogP contribution in [-0.2, 0) is 4.79 Å². The topological polar surface area (TPSA) is 110 Å². The van der Waals surface area contributed by atoms with Crippen molar-refractivity contribution in [3.8, 4) is 17.0 Å². The summed E-state index contributed by atoms with van der Waals surface area (Å²) in [5.41, 5.74) is 9.01. The number of H-pyrrole nitrogens is 1. The lowest BCUT2D eigenvalue weighted by Crippen LogP contribution is -2.20. The van der Waals surface area contributed by atoms with E-state index in [0.29, 0.717) is 22.3 Å². The number of rotatable bonds is 6. The molecule has 4 N–H and O–H groups in total. The monoisotopic (exact) mass is 370 g/mol. The van der Waals surface area contributed by atoms with Gasteiger partial charge >= 0.3 is 0 Å². The van der Waals surface area contributed by atoms with Gasteiger partial charge in [0.1, 0.15) is 11.4 Å². The van der Waals surface area contributed by atoms with E-state index >= 15 is 0 Å². The van der Waals surface area contributed by atoms with Crippen molar-refractivity contribution >= 4 is 28.3 Å². The van der Waals surface area contributed by atoms with Crippen molar-refractivity contribution in [1.29, 1.82) is 0 Å². The molecular weight excluding hydrogens is 352 g/mol. The van der Waals surface area contributed by atoms with E-state index in [1.807, 2.05) is 32.0 Å². The number of aromatic amines is 1.